The summed E-state index contributed by atoms with van der Waals surface area (Å²) in [5, 5.41) is 10.8. The van der Waals surface area contributed by atoms with Crippen LogP contribution in [0.15, 0.2) is 73.1 Å². The summed E-state index contributed by atoms with van der Waals surface area (Å²) in [4.78, 5) is 28.4. The van der Waals surface area contributed by atoms with Gasteiger partial charge in [-0.05, 0) is 30.5 Å². The lowest BCUT2D eigenvalue weighted by Gasteiger charge is -2.23. The predicted molar refractivity (Wildman–Crippen MR) is 121 cm³/mol. The Balaban J connectivity index is 1.81. The molecule has 2 aromatic carbocycles. The minimum absolute atomic E-state index is 0.202. The molecule has 0 atom stereocenters. The minimum atomic E-state index is -0.317. The van der Waals surface area contributed by atoms with Crippen molar-refractivity contribution in [3.05, 3.63) is 95.6 Å². The van der Waals surface area contributed by atoms with E-state index in [1.54, 1.807) is 16.5 Å². The Morgan fingerprint density at radius 3 is 2.53 bits per heavy atom. The van der Waals surface area contributed by atoms with Gasteiger partial charge in [0, 0.05) is 17.3 Å². The number of unbranched alkanes of at least 4 members (excludes halogenated alkanes) is 1. The van der Waals surface area contributed by atoms with Crippen LogP contribution in [0.1, 0.15) is 47.1 Å². The van der Waals surface area contributed by atoms with Crippen molar-refractivity contribution < 1.29 is 9.63 Å². The Bertz CT molecular complexity index is 1250. The Labute approximate surface area is 186 Å². The molecule has 2 aromatic heterocycles. The lowest BCUT2D eigenvalue weighted by Crippen LogP contribution is -2.33. The molecule has 2 heterocycles. The summed E-state index contributed by atoms with van der Waals surface area (Å²) in [5.74, 6) is 0.141. The molecule has 0 spiro atoms. The molecule has 160 valence electrons. The normalized spacial score (nSPS) is 10.8. The second-order valence-electron chi connectivity index (χ2n) is 7.33. The van der Waals surface area contributed by atoms with E-state index in [0.29, 0.717) is 17.0 Å². The number of rotatable bonds is 8. The van der Waals surface area contributed by atoms with Crippen LogP contribution in [0.4, 0.5) is 5.82 Å². The van der Waals surface area contributed by atoms with Crippen molar-refractivity contribution in [2.75, 3.05) is 5.06 Å². The van der Waals surface area contributed by atoms with Gasteiger partial charge < -0.3 is 0 Å². The van der Waals surface area contributed by atoms with Gasteiger partial charge in [-0.2, -0.15) is 10.3 Å². The fraction of sp³-hybridized carbons (Fsp3) is 0.200. The largest absolute Gasteiger partial charge is 0.283 e. The Morgan fingerprint density at radius 2 is 1.84 bits per heavy atom. The van der Waals surface area contributed by atoms with Crippen LogP contribution in [0, 0.1) is 11.3 Å². The van der Waals surface area contributed by atoms with Gasteiger partial charge in [0.05, 0.1) is 0 Å². The van der Waals surface area contributed by atoms with E-state index >= 15 is 0 Å². The maximum absolute atomic E-state index is 13.5. The highest BCUT2D eigenvalue weighted by Gasteiger charge is 2.24. The Morgan fingerprint density at radius 1 is 1.12 bits per heavy atom. The van der Waals surface area contributed by atoms with Crippen molar-refractivity contribution in [3.8, 4) is 6.07 Å². The summed E-state index contributed by atoms with van der Waals surface area (Å²) in [6.07, 6.45) is 4.17. The van der Waals surface area contributed by atoms with Crippen LogP contribution in [-0.2, 0) is 17.9 Å². The zero-order valence-corrected chi connectivity index (χ0v) is 17.8. The van der Waals surface area contributed by atoms with Crippen LogP contribution in [0.25, 0.3) is 5.65 Å². The molecule has 0 aliphatic rings. The number of imidazole rings is 1. The Kier molecular flexibility index (Phi) is 6.54. The van der Waals surface area contributed by atoms with Gasteiger partial charge >= 0.3 is 0 Å². The second kappa shape index (κ2) is 9.86. The average Bonchev–Trinajstić information content (AvgIpc) is 3.27. The van der Waals surface area contributed by atoms with Crippen LogP contribution >= 0.6 is 0 Å². The highest BCUT2D eigenvalue weighted by atomic mass is 16.7. The molecule has 0 saturated heterocycles. The first-order chi connectivity index (χ1) is 15.7. The zero-order valence-electron chi connectivity index (χ0n) is 17.8. The molecular weight excluding hydrogens is 402 g/mol. The number of hydrogen-bond donors (Lipinski definition) is 0. The number of aryl methyl sites for hydroxylation is 1. The van der Waals surface area contributed by atoms with Gasteiger partial charge in [-0.1, -0.05) is 61.9 Å². The van der Waals surface area contributed by atoms with Gasteiger partial charge in [0.25, 0.3) is 5.91 Å². The van der Waals surface area contributed by atoms with Gasteiger partial charge in [-0.15, -0.1) is 0 Å². The number of hydroxylamine groups is 1. The van der Waals surface area contributed by atoms with Gasteiger partial charge in [-0.25, -0.2) is 9.97 Å². The summed E-state index contributed by atoms with van der Waals surface area (Å²) < 4.78 is 1.62. The van der Waals surface area contributed by atoms with Gasteiger partial charge in [0.1, 0.15) is 19.0 Å². The zero-order chi connectivity index (χ0) is 22.3. The third-order valence-corrected chi connectivity index (χ3v) is 5.04. The standard InChI is InChI=1S/C25H23N5O2/c1-2-3-14-21-15-23(29-18-27-22(16-26)24(29)28-21)30(25(31)20-12-8-5-9-13-20)32-17-19-10-6-4-7-11-19/h4-13,15,18H,2-3,14,17H2,1H3. The second-order valence-corrected chi connectivity index (χ2v) is 7.33. The lowest BCUT2D eigenvalue weighted by molar-refractivity contribution is 0.0590. The number of anilines is 1. The van der Waals surface area contributed by atoms with Crippen molar-refractivity contribution >= 4 is 17.4 Å². The highest BCUT2D eigenvalue weighted by molar-refractivity contribution is 6.04. The monoisotopic (exact) mass is 425 g/mol. The van der Waals surface area contributed by atoms with Crippen LogP contribution in [0.3, 0.4) is 0 Å². The summed E-state index contributed by atoms with van der Waals surface area (Å²) >= 11 is 0. The molecule has 4 aromatic rings. The number of fused-ring (bicyclic) bond motifs is 1. The number of nitrogens with zero attached hydrogens (tertiary/aromatic N) is 5. The summed E-state index contributed by atoms with van der Waals surface area (Å²) in [6.45, 7) is 2.31. The molecule has 0 bridgehead atoms. The first-order valence-corrected chi connectivity index (χ1v) is 10.5. The summed E-state index contributed by atoms with van der Waals surface area (Å²) in [7, 11) is 0. The maximum atomic E-state index is 13.5. The fourth-order valence-electron chi connectivity index (χ4n) is 3.36. The lowest BCUT2D eigenvalue weighted by atomic mass is 10.2. The number of carbonyl (C=O) groups excluding carboxylic acids is 1. The number of aromatic nitrogens is 3. The van der Waals surface area contributed by atoms with Crippen LogP contribution in [0.2, 0.25) is 0 Å². The molecule has 7 nitrogen and oxygen atoms in total. The SMILES string of the molecule is CCCCc1cc(N(OCc2ccccc2)C(=O)c2ccccc2)n2cnc(C#N)c2n1. The van der Waals surface area contributed by atoms with E-state index in [4.69, 9.17) is 4.84 Å². The third kappa shape index (κ3) is 4.51. The number of amides is 1. The van der Waals surface area contributed by atoms with Crippen molar-refractivity contribution in [2.24, 2.45) is 0 Å². The molecule has 32 heavy (non-hydrogen) atoms. The van der Waals surface area contributed by atoms with Crippen LogP contribution in [-0.4, -0.2) is 20.3 Å². The van der Waals surface area contributed by atoms with E-state index in [9.17, 15) is 10.1 Å². The van der Waals surface area contributed by atoms with Gasteiger partial charge in [0.2, 0.25) is 0 Å². The van der Waals surface area contributed by atoms with Crippen molar-refractivity contribution in [1.29, 1.82) is 5.26 Å². The molecule has 7 heteroatoms. The van der Waals surface area contributed by atoms with Crippen LogP contribution in [0.5, 0.6) is 0 Å². The predicted octanol–water partition coefficient (Wildman–Crippen LogP) is 4.72. The first-order valence-electron chi connectivity index (χ1n) is 10.5. The third-order valence-electron chi connectivity index (χ3n) is 5.04. The van der Waals surface area contributed by atoms with Crippen molar-refractivity contribution in [2.45, 2.75) is 32.8 Å². The van der Waals surface area contributed by atoms with E-state index in [0.717, 1.165) is 30.5 Å². The van der Waals surface area contributed by atoms with E-state index < -0.39 is 0 Å². The van der Waals surface area contributed by atoms with E-state index in [1.807, 2.05) is 54.6 Å². The van der Waals surface area contributed by atoms with Gasteiger partial charge in [0.15, 0.2) is 17.2 Å². The van der Waals surface area contributed by atoms with E-state index in [-0.39, 0.29) is 18.2 Å². The molecule has 0 radical (unpaired) electrons. The Hall–Kier alpha value is -4.02. The molecule has 4 rings (SSSR count). The van der Waals surface area contributed by atoms with E-state index in [1.165, 1.54) is 11.4 Å². The smallest absolute Gasteiger partial charge is 0.266 e. The maximum Gasteiger partial charge on any atom is 0.283 e. The molecule has 0 saturated carbocycles. The molecule has 0 aliphatic carbocycles. The number of benzene rings is 2. The first kappa shape index (κ1) is 21.2. The molecule has 0 aliphatic heterocycles. The van der Waals surface area contributed by atoms with Crippen LogP contribution < -0.4 is 5.06 Å². The average molecular weight is 425 g/mol. The quantitative estimate of drug-likeness (QED) is 0.381. The fourth-order valence-corrected chi connectivity index (χ4v) is 3.36. The molecule has 0 fully saturated rings. The molecule has 0 unspecified atom stereocenters. The topological polar surface area (TPSA) is 83.5 Å². The molecule has 0 N–H and O–H groups in total. The number of hydrogen-bond acceptors (Lipinski definition) is 5. The van der Waals surface area contributed by atoms with Crippen molar-refractivity contribution in [1.82, 2.24) is 14.4 Å². The summed E-state index contributed by atoms with van der Waals surface area (Å²) in [6, 6.07) is 22.5. The molecule has 1 amide bonds. The number of nitriles is 1. The molecular formula is C25H23N5O2. The van der Waals surface area contributed by atoms with Crippen molar-refractivity contribution in [3.63, 3.8) is 0 Å². The number of carbonyl (C=O) groups is 1. The van der Waals surface area contributed by atoms with Gasteiger partial charge in [-0.3, -0.25) is 14.0 Å². The summed E-state index contributed by atoms with van der Waals surface area (Å²) in [5.41, 5.74) is 2.81. The highest BCUT2D eigenvalue weighted by Crippen LogP contribution is 2.24. The van der Waals surface area contributed by atoms with E-state index in [2.05, 4.69) is 23.0 Å². The minimum Gasteiger partial charge on any atom is -0.266 e.